The second-order valence-electron chi connectivity index (χ2n) is 6.23. The minimum Gasteiger partial charge on any atom is -0.450 e. The topological polar surface area (TPSA) is 111 Å². The molecule has 1 atom stereocenters. The van der Waals surface area contributed by atoms with Crippen LogP contribution in [-0.4, -0.2) is 70.6 Å². The Balaban J connectivity index is 1.57. The molecule has 3 N–H and O–H groups in total. The van der Waals surface area contributed by atoms with E-state index in [0.29, 0.717) is 49.5 Å². The summed E-state index contributed by atoms with van der Waals surface area (Å²) < 4.78 is 5.00. The largest absolute Gasteiger partial charge is 0.450 e. The summed E-state index contributed by atoms with van der Waals surface area (Å²) >= 11 is 0. The van der Waals surface area contributed by atoms with Gasteiger partial charge in [0, 0.05) is 31.9 Å². The van der Waals surface area contributed by atoms with Crippen molar-refractivity contribution in [2.75, 3.05) is 38.1 Å². The van der Waals surface area contributed by atoms with E-state index in [9.17, 15) is 14.4 Å². The average molecular weight is 361 g/mol. The highest BCUT2D eigenvalue weighted by atomic mass is 16.6. The lowest BCUT2D eigenvalue weighted by atomic mass is 10.2. The molecular weight excluding hydrogens is 338 g/mol. The van der Waals surface area contributed by atoms with Crippen LogP contribution in [0.15, 0.2) is 23.0 Å². The number of hydrogen-bond donors (Lipinski definition) is 3. The number of nitrogens with one attached hydrogen (secondary N) is 3. The molecule has 2 amide bonds. The summed E-state index contributed by atoms with van der Waals surface area (Å²) in [6.07, 6.45) is -0.307. The van der Waals surface area contributed by atoms with E-state index in [4.69, 9.17) is 4.74 Å². The second-order valence-corrected chi connectivity index (χ2v) is 6.23. The number of benzene rings is 1. The van der Waals surface area contributed by atoms with E-state index in [1.54, 1.807) is 30.0 Å². The number of carbonyl (C=O) groups is 2. The Hall–Kier alpha value is -2.81. The van der Waals surface area contributed by atoms with Crippen molar-refractivity contribution in [3.05, 3.63) is 28.7 Å². The van der Waals surface area contributed by atoms with E-state index in [0.717, 1.165) is 0 Å². The molecule has 2 heterocycles. The monoisotopic (exact) mass is 361 g/mol. The molecule has 3 rings (SSSR count). The third-order valence-electron chi connectivity index (χ3n) is 4.55. The van der Waals surface area contributed by atoms with Gasteiger partial charge in [-0.05, 0) is 32.0 Å². The third kappa shape index (κ3) is 3.88. The fourth-order valence-electron chi connectivity index (χ4n) is 3.03. The molecular formula is C17H23N5O4. The number of anilines is 1. The number of amides is 2. The molecule has 0 spiro atoms. The van der Waals surface area contributed by atoms with Crippen LogP contribution in [0.25, 0.3) is 11.0 Å². The summed E-state index contributed by atoms with van der Waals surface area (Å²) in [5.41, 5.74) is 1.67. The molecule has 1 aromatic carbocycles. The SMILES string of the molecule is CCOC(=O)N1CCN(C(C)C(=O)Nc2ccc3[nH]c(=O)[nH]c3c2)CC1. The van der Waals surface area contributed by atoms with Gasteiger partial charge in [0.25, 0.3) is 0 Å². The number of rotatable bonds is 4. The molecule has 1 aliphatic rings. The number of piperazine rings is 1. The Morgan fingerprint density at radius 2 is 1.88 bits per heavy atom. The van der Waals surface area contributed by atoms with Gasteiger partial charge in [0.15, 0.2) is 0 Å². The molecule has 9 heteroatoms. The first kappa shape index (κ1) is 18.0. The van der Waals surface area contributed by atoms with Gasteiger partial charge < -0.3 is 24.9 Å². The number of H-pyrrole nitrogens is 2. The summed E-state index contributed by atoms with van der Waals surface area (Å²) in [4.78, 5) is 44.6. The van der Waals surface area contributed by atoms with Crippen LogP contribution in [0.3, 0.4) is 0 Å². The van der Waals surface area contributed by atoms with Crippen molar-refractivity contribution in [3.8, 4) is 0 Å². The quantitative estimate of drug-likeness (QED) is 0.751. The first-order valence-electron chi connectivity index (χ1n) is 8.66. The Labute approximate surface area is 150 Å². The minimum atomic E-state index is -0.333. The number of carbonyl (C=O) groups excluding carboxylic acids is 2. The number of aromatic amines is 2. The van der Waals surface area contributed by atoms with Crippen LogP contribution >= 0.6 is 0 Å². The standard InChI is InChI=1S/C17H23N5O4/c1-3-26-17(25)22-8-6-21(7-9-22)11(2)15(23)18-12-4-5-13-14(10-12)20-16(24)19-13/h4-5,10-11H,3,6-9H2,1-2H3,(H,18,23)(H2,19,20,24). The molecule has 1 aromatic heterocycles. The maximum absolute atomic E-state index is 12.5. The fraction of sp³-hybridized carbons (Fsp3) is 0.471. The lowest BCUT2D eigenvalue weighted by Gasteiger charge is -2.36. The maximum Gasteiger partial charge on any atom is 0.409 e. The van der Waals surface area contributed by atoms with E-state index in [1.807, 2.05) is 11.8 Å². The van der Waals surface area contributed by atoms with Crippen LogP contribution in [-0.2, 0) is 9.53 Å². The molecule has 0 radical (unpaired) electrons. The highest BCUT2D eigenvalue weighted by Gasteiger charge is 2.28. The maximum atomic E-state index is 12.5. The molecule has 9 nitrogen and oxygen atoms in total. The number of nitrogens with zero attached hydrogens (tertiary/aromatic N) is 2. The zero-order valence-electron chi connectivity index (χ0n) is 14.9. The van der Waals surface area contributed by atoms with Gasteiger partial charge in [0.2, 0.25) is 5.91 Å². The number of aromatic nitrogens is 2. The van der Waals surface area contributed by atoms with Crippen molar-refractivity contribution in [1.29, 1.82) is 0 Å². The van der Waals surface area contributed by atoms with Crippen molar-refractivity contribution < 1.29 is 14.3 Å². The van der Waals surface area contributed by atoms with Crippen LogP contribution in [0.5, 0.6) is 0 Å². The van der Waals surface area contributed by atoms with Crippen LogP contribution in [0.2, 0.25) is 0 Å². The Kier molecular flexibility index (Phi) is 5.27. The van der Waals surface area contributed by atoms with Gasteiger partial charge in [0.05, 0.1) is 23.7 Å². The van der Waals surface area contributed by atoms with Gasteiger partial charge in [-0.2, -0.15) is 0 Å². The first-order valence-corrected chi connectivity index (χ1v) is 8.66. The Morgan fingerprint density at radius 3 is 2.58 bits per heavy atom. The fourth-order valence-corrected chi connectivity index (χ4v) is 3.03. The van der Waals surface area contributed by atoms with Gasteiger partial charge >= 0.3 is 11.8 Å². The van der Waals surface area contributed by atoms with E-state index >= 15 is 0 Å². The van der Waals surface area contributed by atoms with E-state index in [1.165, 1.54) is 0 Å². The zero-order valence-corrected chi connectivity index (χ0v) is 14.9. The number of imidazole rings is 1. The van der Waals surface area contributed by atoms with Crippen molar-refractivity contribution in [3.63, 3.8) is 0 Å². The Morgan fingerprint density at radius 1 is 1.19 bits per heavy atom. The summed E-state index contributed by atoms with van der Waals surface area (Å²) in [5, 5.41) is 2.87. The summed E-state index contributed by atoms with van der Waals surface area (Å²) in [6, 6.07) is 4.87. The van der Waals surface area contributed by atoms with E-state index < -0.39 is 0 Å². The Bertz CT molecular complexity index is 850. The molecule has 140 valence electrons. The smallest absolute Gasteiger partial charge is 0.409 e. The predicted molar refractivity (Wildman–Crippen MR) is 97.2 cm³/mol. The van der Waals surface area contributed by atoms with Gasteiger partial charge in [0.1, 0.15) is 0 Å². The molecule has 1 fully saturated rings. The average Bonchev–Trinajstić information content (AvgIpc) is 3.00. The van der Waals surface area contributed by atoms with Gasteiger partial charge in [-0.25, -0.2) is 9.59 Å². The van der Waals surface area contributed by atoms with Crippen molar-refractivity contribution in [2.24, 2.45) is 0 Å². The summed E-state index contributed by atoms with van der Waals surface area (Å²) in [6.45, 7) is 6.26. The lowest BCUT2D eigenvalue weighted by molar-refractivity contribution is -0.121. The van der Waals surface area contributed by atoms with E-state index in [-0.39, 0.29) is 23.7 Å². The number of ether oxygens (including phenoxy) is 1. The zero-order chi connectivity index (χ0) is 18.7. The number of hydrogen-bond acceptors (Lipinski definition) is 5. The van der Waals surface area contributed by atoms with Crippen LogP contribution in [0.4, 0.5) is 10.5 Å². The molecule has 0 aliphatic carbocycles. The normalized spacial score (nSPS) is 16.5. The molecule has 1 unspecified atom stereocenters. The third-order valence-corrected chi connectivity index (χ3v) is 4.55. The highest BCUT2D eigenvalue weighted by molar-refractivity contribution is 5.96. The van der Waals surface area contributed by atoms with Crippen LogP contribution < -0.4 is 11.0 Å². The van der Waals surface area contributed by atoms with Gasteiger partial charge in [-0.3, -0.25) is 9.69 Å². The molecule has 1 saturated heterocycles. The molecule has 0 bridgehead atoms. The predicted octanol–water partition coefficient (Wildman–Crippen LogP) is 0.957. The molecule has 0 saturated carbocycles. The summed E-state index contributed by atoms with van der Waals surface area (Å²) in [5.74, 6) is -0.133. The lowest BCUT2D eigenvalue weighted by Crippen LogP contribution is -2.54. The minimum absolute atomic E-state index is 0.133. The molecule has 2 aromatic rings. The van der Waals surface area contributed by atoms with Gasteiger partial charge in [-0.1, -0.05) is 0 Å². The first-order chi connectivity index (χ1) is 12.5. The van der Waals surface area contributed by atoms with Crippen molar-refractivity contribution in [1.82, 2.24) is 19.8 Å². The molecule has 26 heavy (non-hydrogen) atoms. The van der Waals surface area contributed by atoms with Crippen LogP contribution in [0, 0.1) is 0 Å². The van der Waals surface area contributed by atoms with Crippen molar-refractivity contribution in [2.45, 2.75) is 19.9 Å². The van der Waals surface area contributed by atoms with Crippen molar-refractivity contribution >= 4 is 28.7 Å². The van der Waals surface area contributed by atoms with Crippen LogP contribution in [0.1, 0.15) is 13.8 Å². The number of fused-ring (bicyclic) bond motifs is 1. The van der Waals surface area contributed by atoms with E-state index in [2.05, 4.69) is 15.3 Å². The molecule has 1 aliphatic heterocycles. The van der Waals surface area contributed by atoms with Gasteiger partial charge in [-0.15, -0.1) is 0 Å². The second kappa shape index (κ2) is 7.61. The summed E-state index contributed by atoms with van der Waals surface area (Å²) in [7, 11) is 0. The highest BCUT2D eigenvalue weighted by Crippen LogP contribution is 2.16.